The second-order valence-corrected chi connectivity index (χ2v) is 6.91. The third-order valence-corrected chi connectivity index (χ3v) is 4.49. The van der Waals surface area contributed by atoms with Gasteiger partial charge < -0.3 is 15.5 Å². The monoisotopic (exact) mass is 514 g/mol. The summed E-state index contributed by atoms with van der Waals surface area (Å²) in [4.78, 5) is 17.9. The molecule has 1 atom stereocenters. The van der Waals surface area contributed by atoms with Crippen LogP contribution in [0.15, 0.2) is 59.6 Å². The van der Waals surface area contributed by atoms with E-state index in [-0.39, 0.29) is 42.5 Å². The van der Waals surface area contributed by atoms with Crippen molar-refractivity contribution in [3.05, 3.63) is 70.7 Å². The largest absolute Gasteiger partial charge is 0.356 e. The number of hydrogen-bond acceptors (Lipinski definition) is 2. The third-order valence-electron chi connectivity index (χ3n) is 4.15. The molecule has 0 aromatic heterocycles. The number of guanidine groups is 1. The van der Waals surface area contributed by atoms with Crippen molar-refractivity contribution in [2.45, 2.75) is 19.4 Å². The van der Waals surface area contributed by atoms with Crippen molar-refractivity contribution in [2.75, 3.05) is 27.2 Å². The summed E-state index contributed by atoms with van der Waals surface area (Å²) in [6, 6.07) is 17.9. The summed E-state index contributed by atoms with van der Waals surface area (Å²) in [6.07, 6.45) is 0.865. The summed E-state index contributed by atoms with van der Waals surface area (Å²) in [5.74, 6) is 0.540. The molecule has 7 heteroatoms. The molecule has 0 heterocycles. The number of carbonyl (C=O) groups excluding carboxylic acids is 1. The highest BCUT2D eigenvalue weighted by Crippen LogP contribution is 2.21. The lowest BCUT2D eigenvalue weighted by molar-refractivity contribution is -0.127. The number of aliphatic imine (C=N–C) groups is 1. The van der Waals surface area contributed by atoms with E-state index in [0.717, 1.165) is 12.0 Å². The van der Waals surface area contributed by atoms with Crippen LogP contribution >= 0.6 is 35.6 Å². The summed E-state index contributed by atoms with van der Waals surface area (Å²) in [7, 11) is 3.44. The summed E-state index contributed by atoms with van der Waals surface area (Å²) in [5.41, 5.74) is 2.23. The van der Waals surface area contributed by atoms with Crippen molar-refractivity contribution in [2.24, 2.45) is 4.99 Å². The molecule has 0 saturated carbocycles. The molecular weight excluding hydrogens is 487 g/mol. The number of hydrogen-bond donors (Lipinski definition) is 2. The molecule has 2 N–H and O–H groups in total. The van der Waals surface area contributed by atoms with Crippen LogP contribution in [-0.2, 0) is 11.2 Å². The Balaban J connectivity index is 0.00000392. The summed E-state index contributed by atoms with van der Waals surface area (Å²) in [5, 5.41) is 7.35. The van der Waals surface area contributed by atoms with Gasteiger partial charge in [0.15, 0.2) is 5.96 Å². The van der Waals surface area contributed by atoms with Gasteiger partial charge in [-0.15, -0.1) is 24.0 Å². The molecule has 0 spiro atoms. The molecule has 2 aromatic rings. The van der Waals surface area contributed by atoms with E-state index in [0.29, 0.717) is 17.5 Å². The number of benzene rings is 2. The fourth-order valence-corrected chi connectivity index (χ4v) is 2.82. The van der Waals surface area contributed by atoms with Crippen LogP contribution in [0.3, 0.4) is 0 Å². The first-order valence-corrected chi connectivity index (χ1v) is 9.38. The van der Waals surface area contributed by atoms with Gasteiger partial charge in [-0.1, -0.05) is 60.1 Å². The Kier molecular flexibility index (Phi) is 10.9. The second kappa shape index (κ2) is 12.6. The average molecular weight is 515 g/mol. The van der Waals surface area contributed by atoms with E-state index in [1.165, 1.54) is 10.5 Å². The maximum atomic E-state index is 11.9. The minimum Gasteiger partial charge on any atom is -0.356 e. The van der Waals surface area contributed by atoms with Crippen LogP contribution in [0.2, 0.25) is 5.02 Å². The van der Waals surface area contributed by atoms with Gasteiger partial charge in [0.25, 0.3) is 0 Å². The van der Waals surface area contributed by atoms with Gasteiger partial charge in [-0.3, -0.25) is 4.79 Å². The first kappa shape index (κ1) is 24.2. The molecule has 152 valence electrons. The molecule has 0 saturated heterocycles. The fourth-order valence-electron chi connectivity index (χ4n) is 2.52. The van der Waals surface area contributed by atoms with Crippen LogP contribution in [0.1, 0.15) is 24.1 Å². The lowest BCUT2D eigenvalue weighted by Gasteiger charge is -2.20. The standard InChI is InChI=1S/C21H27ClN4O.HI/c1-16(18-11-7-8-12-19(18)22)25-21(24-15-20(27)26(2)3)23-14-13-17-9-5-4-6-10-17;/h4-12,16H,13-15H2,1-3H3,(H2,23,24,25);1H. The number of likely N-dealkylation sites (N-methyl/N-ethyl adjacent to an activating group) is 1. The van der Waals surface area contributed by atoms with Gasteiger partial charge in [-0.25, -0.2) is 4.99 Å². The molecule has 0 aliphatic rings. The molecule has 0 radical (unpaired) electrons. The second-order valence-electron chi connectivity index (χ2n) is 6.50. The Morgan fingerprint density at radius 2 is 1.75 bits per heavy atom. The fraction of sp³-hybridized carbons (Fsp3) is 0.333. The van der Waals surface area contributed by atoms with Crippen molar-refractivity contribution in [1.82, 2.24) is 15.5 Å². The SMILES string of the molecule is CC(NC(=NCC(=O)N(C)C)NCCc1ccccc1)c1ccccc1Cl.I. The zero-order valence-corrected chi connectivity index (χ0v) is 19.6. The number of nitrogens with one attached hydrogen (secondary N) is 2. The predicted octanol–water partition coefficient (Wildman–Crippen LogP) is 3.89. The first-order chi connectivity index (χ1) is 13.0. The maximum absolute atomic E-state index is 11.9. The third kappa shape index (κ3) is 8.06. The van der Waals surface area contributed by atoms with E-state index in [2.05, 4.69) is 27.8 Å². The summed E-state index contributed by atoms with van der Waals surface area (Å²) in [6.45, 7) is 2.81. The van der Waals surface area contributed by atoms with Crippen molar-refractivity contribution in [3.63, 3.8) is 0 Å². The van der Waals surface area contributed by atoms with Gasteiger partial charge >= 0.3 is 0 Å². The van der Waals surface area contributed by atoms with Gasteiger partial charge in [-0.2, -0.15) is 0 Å². The summed E-state index contributed by atoms with van der Waals surface area (Å²) >= 11 is 6.29. The molecule has 28 heavy (non-hydrogen) atoms. The van der Waals surface area contributed by atoms with Crippen LogP contribution in [0.4, 0.5) is 0 Å². The zero-order chi connectivity index (χ0) is 19.6. The Hall–Kier alpha value is -1.80. The van der Waals surface area contributed by atoms with E-state index in [4.69, 9.17) is 11.6 Å². The van der Waals surface area contributed by atoms with Crippen molar-refractivity contribution >= 4 is 47.4 Å². The van der Waals surface area contributed by atoms with Gasteiger partial charge in [0.05, 0.1) is 6.04 Å². The number of carbonyl (C=O) groups is 1. The molecule has 2 rings (SSSR count). The van der Waals surface area contributed by atoms with Crippen LogP contribution in [0, 0.1) is 0 Å². The normalized spacial score (nSPS) is 11.9. The van der Waals surface area contributed by atoms with E-state index in [1.807, 2.05) is 49.4 Å². The minimum absolute atomic E-state index is 0. The molecule has 0 aliphatic heterocycles. The molecule has 0 fully saturated rings. The quantitative estimate of drug-likeness (QED) is 0.335. The molecule has 0 bridgehead atoms. The highest BCUT2D eigenvalue weighted by Gasteiger charge is 2.12. The number of rotatable bonds is 7. The lowest BCUT2D eigenvalue weighted by Crippen LogP contribution is -2.40. The van der Waals surface area contributed by atoms with Gasteiger partial charge in [0, 0.05) is 25.7 Å². The van der Waals surface area contributed by atoms with Crippen molar-refractivity contribution in [3.8, 4) is 0 Å². The molecule has 2 aromatic carbocycles. The van der Waals surface area contributed by atoms with Crippen LogP contribution < -0.4 is 10.6 Å². The minimum atomic E-state index is -0.0513. The van der Waals surface area contributed by atoms with Crippen LogP contribution in [0.25, 0.3) is 0 Å². The van der Waals surface area contributed by atoms with Crippen molar-refractivity contribution < 1.29 is 4.79 Å². The van der Waals surface area contributed by atoms with Gasteiger partial charge in [0.1, 0.15) is 6.54 Å². The Morgan fingerprint density at radius 1 is 1.11 bits per heavy atom. The average Bonchev–Trinajstić information content (AvgIpc) is 2.66. The van der Waals surface area contributed by atoms with Crippen LogP contribution in [0.5, 0.6) is 0 Å². The predicted molar refractivity (Wildman–Crippen MR) is 128 cm³/mol. The summed E-state index contributed by atoms with van der Waals surface area (Å²) < 4.78 is 0. The Bertz CT molecular complexity index is 768. The lowest BCUT2D eigenvalue weighted by atomic mass is 10.1. The van der Waals surface area contributed by atoms with E-state index < -0.39 is 0 Å². The number of amides is 1. The van der Waals surface area contributed by atoms with Gasteiger partial charge in [-0.05, 0) is 30.5 Å². The number of nitrogens with zero attached hydrogens (tertiary/aromatic N) is 2. The van der Waals surface area contributed by atoms with E-state index >= 15 is 0 Å². The van der Waals surface area contributed by atoms with E-state index in [1.54, 1.807) is 14.1 Å². The molecule has 1 unspecified atom stereocenters. The first-order valence-electron chi connectivity index (χ1n) is 9.00. The maximum Gasteiger partial charge on any atom is 0.243 e. The smallest absolute Gasteiger partial charge is 0.243 e. The Morgan fingerprint density at radius 3 is 2.39 bits per heavy atom. The Labute approximate surface area is 189 Å². The zero-order valence-electron chi connectivity index (χ0n) is 16.5. The van der Waals surface area contributed by atoms with E-state index in [9.17, 15) is 4.79 Å². The number of halogens is 2. The molecule has 0 aliphatic carbocycles. The highest BCUT2D eigenvalue weighted by atomic mass is 127. The van der Waals surface area contributed by atoms with Crippen molar-refractivity contribution in [1.29, 1.82) is 0 Å². The molecular formula is C21H28ClIN4O. The van der Waals surface area contributed by atoms with Gasteiger partial charge in [0.2, 0.25) is 5.91 Å². The topological polar surface area (TPSA) is 56.7 Å². The molecule has 1 amide bonds. The molecule has 5 nitrogen and oxygen atoms in total. The highest BCUT2D eigenvalue weighted by molar-refractivity contribution is 14.0. The van der Waals surface area contributed by atoms with Crippen LogP contribution in [-0.4, -0.2) is 44.0 Å².